The minimum atomic E-state index is -0.273. The van der Waals surface area contributed by atoms with Crippen LogP contribution in [0.15, 0.2) is 66.7 Å². The number of carbonyl (C=O) groups excluding carboxylic acids is 2. The Kier molecular flexibility index (Phi) is 6.99. The minimum Gasteiger partial charge on any atom is -0.366 e. The number of anilines is 2. The van der Waals surface area contributed by atoms with Gasteiger partial charge in [-0.2, -0.15) is 0 Å². The predicted octanol–water partition coefficient (Wildman–Crippen LogP) is 5.54. The van der Waals surface area contributed by atoms with Crippen LogP contribution in [0, 0.1) is 5.92 Å². The maximum absolute atomic E-state index is 13.1. The number of halogens is 1. The van der Waals surface area contributed by atoms with Gasteiger partial charge in [-0.25, -0.2) is 0 Å². The van der Waals surface area contributed by atoms with Gasteiger partial charge in [0.25, 0.3) is 11.8 Å². The summed E-state index contributed by atoms with van der Waals surface area (Å²) in [6.07, 6.45) is 0.927. The van der Waals surface area contributed by atoms with E-state index in [-0.39, 0.29) is 11.8 Å². The molecule has 0 bridgehead atoms. The fourth-order valence-electron chi connectivity index (χ4n) is 4.00. The molecule has 33 heavy (non-hydrogen) atoms. The van der Waals surface area contributed by atoms with E-state index in [0.29, 0.717) is 34.3 Å². The number of nitrogens with zero attached hydrogens (tertiary/aromatic N) is 1. The van der Waals surface area contributed by atoms with Gasteiger partial charge in [-0.1, -0.05) is 55.8 Å². The third-order valence-corrected chi connectivity index (χ3v) is 5.96. The molecule has 2 amide bonds. The van der Waals surface area contributed by atoms with Crippen LogP contribution in [0.4, 0.5) is 11.4 Å². The largest absolute Gasteiger partial charge is 0.366 e. The van der Waals surface area contributed by atoms with Crippen molar-refractivity contribution in [1.29, 1.82) is 0 Å². The fourth-order valence-corrected chi connectivity index (χ4v) is 4.19. The second-order valence-electron chi connectivity index (χ2n) is 8.74. The zero-order valence-electron chi connectivity index (χ0n) is 18.9. The lowest BCUT2D eigenvalue weighted by atomic mass is 9.98. The molecule has 0 aromatic heterocycles. The van der Waals surface area contributed by atoms with Crippen molar-refractivity contribution in [3.05, 3.63) is 94.0 Å². The third-order valence-electron chi connectivity index (χ3n) is 5.73. The van der Waals surface area contributed by atoms with E-state index in [1.165, 1.54) is 11.1 Å². The summed E-state index contributed by atoms with van der Waals surface area (Å²) < 4.78 is 0. The van der Waals surface area contributed by atoms with Crippen LogP contribution in [0.3, 0.4) is 0 Å². The fraction of sp³-hybridized carbons (Fsp3) is 0.259. The quantitative estimate of drug-likeness (QED) is 0.506. The summed E-state index contributed by atoms with van der Waals surface area (Å²) in [6.45, 7) is 6.28. The summed E-state index contributed by atoms with van der Waals surface area (Å²) in [6, 6.07) is 20.7. The van der Waals surface area contributed by atoms with Gasteiger partial charge in [0.05, 0.1) is 5.56 Å². The van der Waals surface area contributed by atoms with E-state index in [9.17, 15) is 9.59 Å². The first-order chi connectivity index (χ1) is 15.9. The van der Waals surface area contributed by atoms with Crippen molar-refractivity contribution in [3.63, 3.8) is 0 Å². The highest BCUT2D eigenvalue weighted by atomic mass is 35.5. The molecule has 5 nitrogen and oxygen atoms in total. The first-order valence-electron chi connectivity index (χ1n) is 11.2. The molecule has 0 atom stereocenters. The van der Waals surface area contributed by atoms with Gasteiger partial charge in [-0.3, -0.25) is 9.59 Å². The number of benzene rings is 3. The molecule has 2 N–H and O–H groups in total. The summed E-state index contributed by atoms with van der Waals surface area (Å²) in [4.78, 5) is 28.1. The van der Waals surface area contributed by atoms with Crippen LogP contribution in [0.2, 0.25) is 5.02 Å². The molecule has 3 aromatic rings. The minimum absolute atomic E-state index is 0.142. The molecule has 6 heteroatoms. The number of nitrogens with one attached hydrogen (secondary N) is 2. The Hall–Kier alpha value is -3.31. The van der Waals surface area contributed by atoms with Gasteiger partial charge in [0.15, 0.2) is 0 Å². The highest BCUT2D eigenvalue weighted by Gasteiger charge is 2.22. The number of carbonyl (C=O) groups is 2. The van der Waals surface area contributed by atoms with Gasteiger partial charge in [0, 0.05) is 41.6 Å². The molecule has 1 heterocycles. The Balaban J connectivity index is 1.62. The number of fused-ring (bicyclic) bond motifs is 1. The van der Waals surface area contributed by atoms with Crippen molar-refractivity contribution in [2.45, 2.75) is 26.8 Å². The number of hydrogen-bond acceptors (Lipinski definition) is 3. The average Bonchev–Trinajstić information content (AvgIpc) is 2.82. The maximum Gasteiger partial charge on any atom is 0.255 e. The topological polar surface area (TPSA) is 61.4 Å². The second-order valence-corrected chi connectivity index (χ2v) is 9.18. The van der Waals surface area contributed by atoms with Crippen LogP contribution in [0.5, 0.6) is 0 Å². The van der Waals surface area contributed by atoms with Gasteiger partial charge >= 0.3 is 0 Å². The smallest absolute Gasteiger partial charge is 0.255 e. The van der Waals surface area contributed by atoms with Gasteiger partial charge in [0.2, 0.25) is 0 Å². The highest BCUT2D eigenvalue weighted by molar-refractivity contribution is 6.31. The molecule has 1 aliphatic heterocycles. The number of amides is 2. The highest BCUT2D eigenvalue weighted by Crippen LogP contribution is 2.30. The Morgan fingerprint density at radius 1 is 0.970 bits per heavy atom. The molecule has 0 saturated heterocycles. The first-order valence-corrected chi connectivity index (χ1v) is 11.6. The molecule has 3 aromatic carbocycles. The Labute approximate surface area is 199 Å². The maximum atomic E-state index is 13.1. The molecule has 0 spiro atoms. The van der Waals surface area contributed by atoms with Crippen LogP contribution in [-0.2, 0) is 13.0 Å². The third kappa shape index (κ3) is 5.55. The average molecular weight is 462 g/mol. The molecule has 0 radical (unpaired) electrons. The van der Waals surface area contributed by atoms with Crippen molar-refractivity contribution < 1.29 is 9.59 Å². The van der Waals surface area contributed by atoms with Gasteiger partial charge in [-0.15, -0.1) is 0 Å². The van der Waals surface area contributed by atoms with Crippen molar-refractivity contribution in [2.24, 2.45) is 5.92 Å². The zero-order valence-corrected chi connectivity index (χ0v) is 19.7. The van der Waals surface area contributed by atoms with Crippen molar-refractivity contribution in [2.75, 3.05) is 23.3 Å². The van der Waals surface area contributed by atoms with Gasteiger partial charge in [-0.05, 0) is 59.9 Å². The summed E-state index contributed by atoms with van der Waals surface area (Å²) in [5.41, 5.74) is 5.08. The Morgan fingerprint density at radius 2 is 1.76 bits per heavy atom. The second kappa shape index (κ2) is 10.1. The molecule has 0 aliphatic carbocycles. The Morgan fingerprint density at radius 3 is 2.52 bits per heavy atom. The standard InChI is InChI=1S/C27H28ClN3O2/c1-18(2)16-29-27(33)24-15-23(30-26(32)20-8-5-9-22(28)14-20)10-11-25(24)31-13-12-19-6-3-4-7-21(19)17-31/h3-11,14-15,18H,12-13,16-17H2,1-2H3,(H,29,33)(H,30,32). The predicted molar refractivity (Wildman–Crippen MR) is 134 cm³/mol. The summed E-state index contributed by atoms with van der Waals surface area (Å²) in [5.74, 6) is -0.0768. The lowest BCUT2D eigenvalue weighted by Gasteiger charge is -2.32. The van der Waals surface area contributed by atoms with Crippen molar-refractivity contribution >= 4 is 34.8 Å². The monoisotopic (exact) mass is 461 g/mol. The summed E-state index contributed by atoms with van der Waals surface area (Å²) >= 11 is 6.02. The lowest BCUT2D eigenvalue weighted by molar-refractivity contribution is 0.0948. The van der Waals surface area contributed by atoms with E-state index in [1.807, 2.05) is 18.2 Å². The van der Waals surface area contributed by atoms with Gasteiger partial charge < -0.3 is 15.5 Å². The molecule has 4 rings (SSSR count). The number of hydrogen-bond donors (Lipinski definition) is 2. The summed E-state index contributed by atoms with van der Waals surface area (Å²) in [5, 5.41) is 6.41. The Bertz CT molecular complexity index is 1180. The lowest BCUT2D eigenvalue weighted by Crippen LogP contribution is -2.34. The van der Waals surface area contributed by atoms with Crippen LogP contribution >= 0.6 is 11.6 Å². The SMILES string of the molecule is CC(C)CNC(=O)c1cc(NC(=O)c2cccc(Cl)c2)ccc1N1CCc2ccccc2C1. The zero-order chi connectivity index (χ0) is 23.4. The number of rotatable bonds is 6. The van der Waals surface area contributed by atoms with E-state index in [1.54, 1.807) is 30.3 Å². The molecule has 0 unspecified atom stereocenters. The van der Waals surface area contributed by atoms with Crippen molar-refractivity contribution in [1.82, 2.24) is 5.32 Å². The van der Waals surface area contributed by atoms with Crippen molar-refractivity contribution in [3.8, 4) is 0 Å². The normalized spacial score (nSPS) is 12.9. The summed E-state index contributed by atoms with van der Waals surface area (Å²) in [7, 11) is 0. The van der Waals surface area contributed by atoms with E-state index in [2.05, 4.69) is 47.6 Å². The van der Waals surface area contributed by atoms with Crippen LogP contribution in [-0.4, -0.2) is 24.9 Å². The molecular formula is C27H28ClN3O2. The molecule has 1 aliphatic rings. The van der Waals surface area contributed by atoms with Crippen LogP contribution in [0.25, 0.3) is 0 Å². The molecular weight excluding hydrogens is 434 g/mol. The van der Waals surface area contributed by atoms with Crippen LogP contribution in [0.1, 0.15) is 45.7 Å². The van der Waals surface area contributed by atoms with Crippen LogP contribution < -0.4 is 15.5 Å². The van der Waals surface area contributed by atoms with E-state index in [0.717, 1.165) is 25.2 Å². The molecule has 0 saturated carbocycles. The molecule has 170 valence electrons. The van der Waals surface area contributed by atoms with E-state index in [4.69, 9.17) is 11.6 Å². The molecule has 0 fully saturated rings. The first kappa shape index (κ1) is 22.9. The van der Waals surface area contributed by atoms with E-state index < -0.39 is 0 Å². The van der Waals surface area contributed by atoms with E-state index >= 15 is 0 Å². The van der Waals surface area contributed by atoms with Gasteiger partial charge in [0.1, 0.15) is 0 Å².